The highest BCUT2D eigenvalue weighted by atomic mass is 32.2. The van der Waals surface area contributed by atoms with E-state index in [9.17, 15) is 8.42 Å². The summed E-state index contributed by atoms with van der Waals surface area (Å²) in [5.41, 5.74) is 2.84. The molecule has 5 heteroatoms. The first-order valence-corrected chi connectivity index (χ1v) is 9.13. The molecule has 0 aliphatic heterocycles. The van der Waals surface area contributed by atoms with Crippen molar-refractivity contribution in [3.63, 3.8) is 0 Å². The second-order valence-electron chi connectivity index (χ2n) is 5.64. The highest BCUT2D eigenvalue weighted by Gasteiger charge is 2.20. The van der Waals surface area contributed by atoms with Gasteiger partial charge >= 0.3 is 0 Å². The molecule has 1 aromatic rings. The molecule has 0 radical (unpaired) electrons. The summed E-state index contributed by atoms with van der Waals surface area (Å²) in [6, 6.07) is 3.78. The van der Waals surface area contributed by atoms with Crippen LogP contribution in [0.15, 0.2) is 17.0 Å². The van der Waals surface area contributed by atoms with E-state index in [4.69, 9.17) is 0 Å². The lowest BCUT2D eigenvalue weighted by molar-refractivity contribution is 0.555. The van der Waals surface area contributed by atoms with E-state index >= 15 is 0 Å². The molecule has 0 fully saturated rings. The van der Waals surface area contributed by atoms with Crippen molar-refractivity contribution >= 4 is 10.0 Å². The lowest BCUT2D eigenvalue weighted by Gasteiger charge is -2.16. The van der Waals surface area contributed by atoms with Gasteiger partial charge in [-0.3, -0.25) is 0 Å². The number of hydrogen-bond donors (Lipinski definition) is 2. The Morgan fingerprint density at radius 2 is 1.86 bits per heavy atom. The van der Waals surface area contributed by atoms with Gasteiger partial charge in [-0.25, -0.2) is 13.1 Å². The van der Waals surface area contributed by atoms with Crippen LogP contribution in [0.25, 0.3) is 0 Å². The van der Waals surface area contributed by atoms with Gasteiger partial charge in [-0.2, -0.15) is 0 Å². The zero-order valence-corrected chi connectivity index (χ0v) is 14.6. The maximum Gasteiger partial charge on any atom is 0.241 e. The maximum absolute atomic E-state index is 12.5. The Morgan fingerprint density at radius 3 is 2.43 bits per heavy atom. The van der Waals surface area contributed by atoms with Gasteiger partial charge in [-0.05, 0) is 62.9 Å². The summed E-state index contributed by atoms with van der Waals surface area (Å²) in [7, 11) is -3.46. The minimum absolute atomic E-state index is 0.0587. The lowest BCUT2D eigenvalue weighted by Crippen LogP contribution is -2.32. The van der Waals surface area contributed by atoms with Crippen LogP contribution in [0, 0.1) is 13.8 Å². The number of sulfonamides is 1. The van der Waals surface area contributed by atoms with Crippen molar-refractivity contribution in [2.24, 2.45) is 0 Å². The molecule has 0 saturated carbocycles. The Hall–Kier alpha value is -0.910. The van der Waals surface area contributed by atoms with Crippen molar-refractivity contribution < 1.29 is 8.42 Å². The van der Waals surface area contributed by atoms with Crippen LogP contribution in [0.4, 0.5) is 0 Å². The van der Waals surface area contributed by atoms with Crippen molar-refractivity contribution in [3.05, 3.63) is 28.8 Å². The van der Waals surface area contributed by atoms with Crippen molar-refractivity contribution in [1.29, 1.82) is 0 Å². The third-order valence-corrected chi connectivity index (χ3v) is 5.41. The van der Waals surface area contributed by atoms with E-state index in [1.54, 1.807) is 6.07 Å². The molecule has 0 saturated heterocycles. The van der Waals surface area contributed by atoms with Gasteiger partial charge in [-0.15, -0.1) is 0 Å². The summed E-state index contributed by atoms with van der Waals surface area (Å²) in [4.78, 5) is 0.399. The number of benzene rings is 1. The zero-order valence-electron chi connectivity index (χ0n) is 13.8. The fourth-order valence-corrected chi connectivity index (χ4v) is 3.80. The van der Waals surface area contributed by atoms with Crippen LogP contribution >= 0.6 is 0 Å². The Labute approximate surface area is 129 Å². The fraction of sp³-hybridized carbons (Fsp3) is 0.625. The summed E-state index contributed by atoms with van der Waals surface area (Å²) >= 11 is 0. The van der Waals surface area contributed by atoms with E-state index in [1.165, 1.54) is 0 Å². The second kappa shape index (κ2) is 7.92. The summed E-state index contributed by atoms with van der Waals surface area (Å²) < 4.78 is 27.8. The van der Waals surface area contributed by atoms with Crippen LogP contribution < -0.4 is 10.0 Å². The van der Waals surface area contributed by atoms with E-state index in [0.717, 1.165) is 36.1 Å². The summed E-state index contributed by atoms with van der Waals surface area (Å²) in [6.07, 6.45) is 1.83. The molecule has 1 unspecified atom stereocenters. The molecule has 0 bridgehead atoms. The molecule has 0 aromatic heterocycles. The smallest absolute Gasteiger partial charge is 0.241 e. The third kappa shape index (κ3) is 5.09. The molecular formula is C16H28N2O2S. The van der Waals surface area contributed by atoms with Gasteiger partial charge in [0.15, 0.2) is 0 Å². The first-order valence-electron chi connectivity index (χ1n) is 7.65. The number of nitrogens with one attached hydrogen (secondary N) is 2. The lowest BCUT2D eigenvalue weighted by atomic mass is 10.1. The van der Waals surface area contributed by atoms with Crippen molar-refractivity contribution in [2.45, 2.75) is 64.9 Å². The molecule has 2 N–H and O–H groups in total. The monoisotopic (exact) mass is 312 g/mol. The summed E-state index contributed by atoms with van der Waals surface area (Å²) in [6.45, 7) is 11.4. The van der Waals surface area contributed by atoms with Gasteiger partial charge in [0.05, 0.1) is 4.90 Å². The van der Waals surface area contributed by atoms with Crippen LogP contribution in [0.5, 0.6) is 0 Å². The molecule has 21 heavy (non-hydrogen) atoms. The van der Waals surface area contributed by atoms with Crippen LogP contribution in [0.2, 0.25) is 0 Å². The normalized spacial score (nSPS) is 13.4. The van der Waals surface area contributed by atoms with E-state index in [0.29, 0.717) is 11.4 Å². The molecule has 0 spiro atoms. The first-order chi connectivity index (χ1) is 9.81. The minimum Gasteiger partial charge on any atom is -0.313 e. The van der Waals surface area contributed by atoms with Crippen LogP contribution in [-0.4, -0.2) is 21.0 Å². The van der Waals surface area contributed by atoms with E-state index < -0.39 is 10.0 Å². The maximum atomic E-state index is 12.5. The van der Waals surface area contributed by atoms with Gasteiger partial charge in [-0.1, -0.05) is 19.9 Å². The third-order valence-electron chi connectivity index (χ3n) is 3.69. The molecule has 0 aliphatic carbocycles. The van der Waals surface area contributed by atoms with Gasteiger partial charge < -0.3 is 5.32 Å². The Morgan fingerprint density at radius 1 is 1.19 bits per heavy atom. The molecule has 0 aliphatic rings. The topological polar surface area (TPSA) is 58.2 Å². The van der Waals surface area contributed by atoms with Gasteiger partial charge in [0.2, 0.25) is 10.0 Å². The molecule has 0 heterocycles. The number of aryl methyl sites for hydroxylation is 1. The van der Waals surface area contributed by atoms with Crippen molar-refractivity contribution in [1.82, 2.24) is 10.0 Å². The highest BCUT2D eigenvalue weighted by molar-refractivity contribution is 7.89. The summed E-state index contributed by atoms with van der Waals surface area (Å²) in [5.74, 6) is 0. The van der Waals surface area contributed by atoms with Crippen molar-refractivity contribution in [2.75, 3.05) is 6.54 Å². The summed E-state index contributed by atoms with van der Waals surface area (Å²) in [5, 5.41) is 3.31. The first kappa shape index (κ1) is 18.1. The quantitative estimate of drug-likeness (QED) is 0.726. The Bertz CT molecular complexity index is 568. The van der Waals surface area contributed by atoms with Gasteiger partial charge in [0, 0.05) is 12.6 Å². The minimum atomic E-state index is -3.46. The highest BCUT2D eigenvalue weighted by Crippen LogP contribution is 2.21. The second-order valence-corrected chi connectivity index (χ2v) is 7.33. The van der Waals surface area contributed by atoms with Crippen LogP contribution in [0.3, 0.4) is 0 Å². The van der Waals surface area contributed by atoms with Crippen LogP contribution in [-0.2, 0) is 16.6 Å². The number of hydrogen-bond acceptors (Lipinski definition) is 3. The predicted octanol–water partition coefficient (Wildman–Crippen LogP) is 2.88. The molecule has 1 aromatic carbocycles. The Kier molecular flexibility index (Phi) is 6.84. The number of rotatable bonds is 8. The van der Waals surface area contributed by atoms with Gasteiger partial charge in [0.25, 0.3) is 0 Å². The molecule has 0 amide bonds. The average Bonchev–Trinajstić information content (AvgIpc) is 2.42. The van der Waals surface area contributed by atoms with Crippen LogP contribution in [0.1, 0.15) is 50.3 Å². The molecule has 4 nitrogen and oxygen atoms in total. The Balaban J connectivity index is 3.10. The van der Waals surface area contributed by atoms with E-state index in [2.05, 4.69) is 23.0 Å². The molecule has 1 rings (SSSR count). The molecular weight excluding hydrogens is 284 g/mol. The molecule has 1 atom stereocenters. The standard InChI is InChI=1S/C16H28N2O2S/c1-6-8-17-11-15-9-12(3)14(5)16(10-15)21(19,20)18-13(4)7-2/h9-10,13,17-18H,6-8,11H2,1-5H3. The predicted molar refractivity (Wildman–Crippen MR) is 88.0 cm³/mol. The zero-order chi connectivity index (χ0) is 16.0. The largest absolute Gasteiger partial charge is 0.313 e. The average molecular weight is 312 g/mol. The van der Waals surface area contributed by atoms with Crippen molar-refractivity contribution in [3.8, 4) is 0 Å². The van der Waals surface area contributed by atoms with Gasteiger partial charge in [0.1, 0.15) is 0 Å². The van der Waals surface area contributed by atoms with E-state index in [1.807, 2.05) is 27.7 Å². The fourth-order valence-electron chi connectivity index (χ4n) is 2.10. The SMILES string of the molecule is CCCNCc1cc(C)c(C)c(S(=O)(=O)NC(C)CC)c1. The molecule has 120 valence electrons. The van der Waals surface area contributed by atoms with E-state index in [-0.39, 0.29) is 6.04 Å².